The monoisotopic (exact) mass is 352 g/mol. The van der Waals surface area contributed by atoms with E-state index in [2.05, 4.69) is 30.9 Å². The average Bonchev–Trinajstić information content (AvgIpc) is 2.63. The summed E-state index contributed by atoms with van der Waals surface area (Å²) < 4.78 is 0. The molecular formula is C21H28N4O. The van der Waals surface area contributed by atoms with Crippen LogP contribution in [0.5, 0.6) is 0 Å². The van der Waals surface area contributed by atoms with Crippen molar-refractivity contribution in [1.29, 1.82) is 0 Å². The number of nitrogens with two attached hydrogens (primary N) is 1. The van der Waals surface area contributed by atoms with Crippen molar-refractivity contribution in [2.24, 2.45) is 5.73 Å². The maximum atomic E-state index is 11.2. The fourth-order valence-electron chi connectivity index (χ4n) is 4.08. The Hall–Kier alpha value is -2.27. The second-order valence-electron chi connectivity index (χ2n) is 7.18. The zero-order valence-electron chi connectivity index (χ0n) is 15.7. The molecule has 1 aliphatic heterocycles. The van der Waals surface area contributed by atoms with E-state index >= 15 is 0 Å². The van der Waals surface area contributed by atoms with E-state index in [1.807, 2.05) is 24.5 Å². The zero-order valence-corrected chi connectivity index (χ0v) is 15.7. The SMILES string of the molecule is Cc1cccnc1C1CCCC(c2ncccc2C)N1CCCC(N)=O. The maximum absolute atomic E-state index is 11.2. The number of rotatable bonds is 6. The fraction of sp³-hybridized carbons (Fsp3) is 0.476. The first-order valence-corrected chi connectivity index (χ1v) is 9.45. The van der Waals surface area contributed by atoms with E-state index in [1.165, 1.54) is 11.1 Å². The predicted octanol–water partition coefficient (Wildman–Crippen LogP) is 3.63. The highest BCUT2D eigenvalue weighted by atomic mass is 16.1. The van der Waals surface area contributed by atoms with E-state index in [0.29, 0.717) is 6.42 Å². The topological polar surface area (TPSA) is 72.1 Å². The molecule has 2 atom stereocenters. The molecule has 1 aliphatic rings. The molecule has 2 unspecified atom stereocenters. The largest absolute Gasteiger partial charge is 0.370 e. The summed E-state index contributed by atoms with van der Waals surface area (Å²) in [5.74, 6) is -0.238. The van der Waals surface area contributed by atoms with Crippen molar-refractivity contribution in [2.45, 2.75) is 58.0 Å². The Morgan fingerprint density at radius 2 is 1.62 bits per heavy atom. The van der Waals surface area contributed by atoms with Gasteiger partial charge in [-0.1, -0.05) is 12.1 Å². The van der Waals surface area contributed by atoms with E-state index in [-0.39, 0.29) is 18.0 Å². The molecule has 1 saturated heterocycles. The minimum absolute atomic E-state index is 0.238. The molecule has 3 heterocycles. The fourth-order valence-corrected chi connectivity index (χ4v) is 4.08. The van der Waals surface area contributed by atoms with Crippen molar-refractivity contribution in [3.05, 3.63) is 59.2 Å². The van der Waals surface area contributed by atoms with E-state index in [4.69, 9.17) is 15.7 Å². The Balaban J connectivity index is 1.93. The van der Waals surface area contributed by atoms with Crippen molar-refractivity contribution in [3.8, 4) is 0 Å². The number of amides is 1. The number of hydrogen-bond acceptors (Lipinski definition) is 4. The number of likely N-dealkylation sites (tertiary alicyclic amines) is 1. The Morgan fingerprint density at radius 1 is 1.08 bits per heavy atom. The van der Waals surface area contributed by atoms with Crippen LogP contribution in [-0.4, -0.2) is 27.3 Å². The van der Waals surface area contributed by atoms with E-state index < -0.39 is 0 Å². The molecule has 1 amide bonds. The third kappa shape index (κ3) is 4.10. The lowest BCUT2D eigenvalue weighted by Gasteiger charge is -2.42. The smallest absolute Gasteiger partial charge is 0.217 e. The summed E-state index contributed by atoms with van der Waals surface area (Å²) in [6.07, 6.45) is 8.23. The first kappa shape index (κ1) is 18.5. The summed E-state index contributed by atoms with van der Waals surface area (Å²) in [6, 6.07) is 8.73. The normalized spacial score (nSPS) is 20.8. The molecule has 2 N–H and O–H groups in total. The van der Waals surface area contributed by atoms with Crippen molar-refractivity contribution >= 4 is 5.91 Å². The minimum atomic E-state index is -0.238. The van der Waals surface area contributed by atoms with Crippen LogP contribution in [0.3, 0.4) is 0 Å². The zero-order chi connectivity index (χ0) is 18.5. The van der Waals surface area contributed by atoms with Crippen LogP contribution in [0.2, 0.25) is 0 Å². The number of aryl methyl sites for hydroxylation is 2. The molecule has 2 aromatic rings. The van der Waals surface area contributed by atoms with Gasteiger partial charge in [-0.2, -0.15) is 0 Å². The molecular weight excluding hydrogens is 324 g/mol. The number of nitrogens with zero attached hydrogens (tertiary/aromatic N) is 3. The van der Waals surface area contributed by atoms with Crippen molar-refractivity contribution in [3.63, 3.8) is 0 Å². The highest BCUT2D eigenvalue weighted by Gasteiger charge is 2.34. The quantitative estimate of drug-likeness (QED) is 0.862. The molecule has 3 rings (SSSR count). The van der Waals surface area contributed by atoms with Gasteiger partial charge in [0.2, 0.25) is 5.91 Å². The molecule has 0 bridgehead atoms. The number of hydrogen-bond donors (Lipinski definition) is 1. The third-order valence-corrected chi connectivity index (χ3v) is 5.33. The third-order valence-electron chi connectivity index (χ3n) is 5.33. The van der Waals surface area contributed by atoms with Crippen molar-refractivity contribution < 1.29 is 4.79 Å². The van der Waals surface area contributed by atoms with Crippen LogP contribution in [0.1, 0.15) is 66.7 Å². The first-order valence-electron chi connectivity index (χ1n) is 9.45. The standard InChI is InChI=1S/C21H28N4O/c1-15-7-4-12-23-20(15)17-9-3-10-18(21-16(2)8-5-13-24-21)25(17)14-6-11-19(22)26/h4-5,7-8,12-13,17-18H,3,6,9-11,14H2,1-2H3,(H2,22,26). The van der Waals surface area contributed by atoms with Gasteiger partial charge >= 0.3 is 0 Å². The van der Waals surface area contributed by atoms with Crippen LogP contribution < -0.4 is 5.73 Å². The van der Waals surface area contributed by atoms with Gasteiger partial charge in [-0.05, 0) is 69.3 Å². The summed E-state index contributed by atoms with van der Waals surface area (Å²) in [4.78, 5) is 23.1. The summed E-state index contributed by atoms with van der Waals surface area (Å²) >= 11 is 0. The molecule has 138 valence electrons. The summed E-state index contributed by atoms with van der Waals surface area (Å²) in [6.45, 7) is 5.07. The van der Waals surface area contributed by atoms with Gasteiger partial charge in [0.25, 0.3) is 0 Å². The highest BCUT2D eigenvalue weighted by molar-refractivity contribution is 5.73. The Morgan fingerprint density at radius 3 is 2.08 bits per heavy atom. The highest BCUT2D eigenvalue weighted by Crippen LogP contribution is 2.42. The van der Waals surface area contributed by atoms with Crippen LogP contribution in [0.25, 0.3) is 0 Å². The lowest BCUT2D eigenvalue weighted by Crippen LogP contribution is -2.38. The second kappa shape index (κ2) is 8.41. The molecule has 0 aromatic carbocycles. The number of piperidine rings is 1. The molecule has 1 fully saturated rings. The predicted molar refractivity (Wildman–Crippen MR) is 102 cm³/mol. The average molecular weight is 352 g/mol. The molecule has 5 heteroatoms. The summed E-state index contributed by atoms with van der Waals surface area (Å²) in [5, 5.41) is 0. The van der Waals surface area contributed by atoms with Crippen LogP contribution in [0.15, 0.2) is 36.7 Å². The lowest BCUT2D eigenvalue weighted by molar-refractivity contribution is -0.118. The van der Waals surface area contributed by atoms with Gasteiger partial charge in [-0.3, -0.25) is 19.7 Å². The number of carbonyl (C=O) groups excluding carboxylic acids is 1. The lowest BCUT2D eigenvalue weighted by atomic mass is 9.88. The summed E-state index contributed by atoms with van der Waals surface area (Å²) in [7, 11) is 0. The first-order chi connectivity index (χ1) is 12.6. The van der Waals surface area contributed by atoms with Gasteiger partial charge in [0.05, 0.1) is 23.5 Å². The summed E-state index contributed by atoms with van der Waals surface area (Å²) in [5.41, 5.74) is 10.1. The number of primary amides is 1. The van der Waals surface area contributed by atoms with Crippen LogP contribution in [0.4, 0.5) is 0 Å². The van der Waals surface area contributed by atoms with Crippen LogP contribution in [-0.2, 0) is 4.79 Å². The van der Waals surface area contributed by atoms with Crippen molar-refractivity contribution in [2.75, 3.05) is 6.54 Å². The molecule has 0 aliphatic carbocycles. The number of carbonyl (C=O) groups is 1. The van der Waals surface area contributed by atoms with Gasteiger partial charge in [-0.15, -0.1) is 0 Å². The van der Waals surface area contributed by atoms with Gasteiger partial charge in [0.1, 0.15) is 0 Å². The molecule has 0 spiro atoms. The van der Waals surface area contributed by atoms with Gasteiger partial charge < -0.3 is 5.73 Å². The molecule has 26 heavy (non-hydrogen) atoms. The van der Waals surface area contributed by atoms with Crippen LogP contribution in [0, 0.1) is 13.8 Å². The Kier molecular flexibility index (Phi) is 5.99. The van der Waals surface area contributed by atoms with Gasteiger partial charge in [0, 0.05) is 18.8 Å². The number of pyridine rings is 2. The number of aromatic nitrogens is 2. The van der Waals surface area contributed by atoms with E-state index in [0.717, 1.165) is 43.6 Å². The van der Waals surface area contributed by atoms with Crippen molar-refractivity contribution in [1.82, 2.24) is 14.9 Å². The molecule has 0 saturated carbocycles. The Labute approximate surface area is 155 Å². The van der Waals surface area contributed by atoms with Crippen LogP contribution >= 0.6 is 0 Å². The molecule has 2 aromatic heterocycles. The van der Waals surface area contributed by atoms with Gasteiger partial charge in [-0.25, -0.2) is 0 Å². The van der Waals surface area contributed by atoms with Gasteiger partial charge in [0.15, 0.2) is 0 Å². The van der Waals surface area contributed by atoms with E-state index in [9.17, 15) is 4.79 Å². The molecule has 5 nitrogen and oxygen atoms in total. The Bertz CT molecular complexity index is 708. The molecule has 0 radical (unpaired) electrons. The van der Waals surface area contributed by atoms with E-state index in [1.54, 1.807) is 0 Å². The maximum Gasteiger partial charge on any atom is 0.217 e. The minimum Gasteiger partial charge on any atom is -0.370 e. The second-order valence-corrected chi connectivity index (χ2v) is 7.18.